The minimum Gasteiger partial charge on any atom is -0.392 e. The molecule has 0 amide bonds. The number of halogens is 1. The summed E-state index contributed by atoms with van der Waals surface area (Å²) in [6.45, 7) is 0.776. The summed E-state index contributed by atoms with van der Waals surface area (Å²) in [6.07, 6.45) is 6.06. The van der Waals surface area contributed by atoms with E-state index < -0.39 is 16.1 Å². The molecule has 1 aromatic rings. The Hall–Kier alpha value is -0.960. The van der Waals surface area contributed by atoms with Gasteiger partial charge in [-0.25, -0.2) is 18.4 Å². The normalized spacial score (nSPS) is 28.6. The molecule has 9 heteroatoms. The third kappa shape index (κ3) is 5.26. The fraction of sp³-hybridized carbons (Fsp3) is 0.750. The van der Waals surface area contributed by atoms with Crippen molar-refractivity contribution in [2.75, 3.05) is 24.2 Å². The van der Waals surface area contributed by atoms with Crippen molar-refractivity contribution in [3.8, 4) is 0 Å². The molecule has 2 aliphatic rings. The molecule has 2 heterocycles. The fourth-order valence-electron chi connectivity index (χ4n) is 3.67. The monoisotopic (exact) mass is 388 g/mol. The highest BCUT2D eigenvalue weighted by molar-refractivity contribution is 7.89. The second-order valence-electron chi connectivity index (χ2n) is 7.01. The number of aromatic nitrogens is 2. The molecule has 1 aromatic heterocycles. The van der Waals surface area contributed by atoms with Crippen molar-refractivity contribution < 1.29 is 13.5 Å². The fourth-order valence-corrected chi connectivity index (χ4v) is 5.77. The van der Waals surface area contributed by atoms with E-state index in [0.717, 1.165) is 32.1 Å². The van der Waals surface area contributed by atoms with E-state index in [1.807, 2.05) is 0 Å². The molecule has 1 unspecified atom stereocenters. The number of anilines is 1. The molecule has 1 aliphatic carbocycles. The number of aliphatic hydroxyl groups excluding tert-OH is 1. The molecule has 0 bridgehead atoms. The Labute approximate surface area is 153 Å². The SMILES string of the molecule is O=S(=O)(CC1CCC(Nc2ccnc(Cl)n2)CC1)N1CCCC(O)C1. The lowest BCUT2D eigenvalue weighted by Gasteiger charge is -2.33. The molecular formula is C16H25ClN4O3S. The van der Waals surface area contributed by atoms with Gasteiger partial charge in [0, 0.05) is 25.3 Å². The van der Waals surface area contributed by atoms with Crippen molar-refractivity contribution in [3.05, 3.63) is 17.5 Å². The van der Waals surface area contributed by atoms with Crippen LogP contribution in [0.2, 0.25) is 5.28 Å². The number of piperidine rings is 1. The highest BCUT2D eigenvalue weighted by Gasteiger charge is 2.32. The highest BCUT2D eigenvalue weighted by Crippen LogP contribution is 2.28. The smallest absolute Gasteiger partial charge is 0.224 e. The van der Waals surface area contributed by atoms with E-state index in [9.17, 15) is 13.5 Å². The van der Waals surface area contributed by atoms with Crippen LogP contribution in [0.15, 0.2) is 12.3 Å². The van der Waals surface area contributed by atoms with Gasteiger partial charge in [-0.2, -0.15) is 4.31 Å². The van der Waals surface area contributed by atoms with Gasteiger partial charge in [-0.05, 0) is 62.1 Å². The lowest BCUT2D eigenvalue weighted by atomic mass is 9.87. The van der Waals surface area contributed by atoms with Gasteiger partial charge in [0.25, 0.3) is 0 Å². The zero-order valence-corrected chi connectivity index (χ0v) is 15.7. The van der Waals surface area contributed by atoms with Gasteiger partial charge >= 0.3 is 0 Å². The third-order valence-corrected chi connectivity index (χ3v) is 7.22. The van der Waals surface area contributed by atoms with Gasteiger partial charge in [0.1, 0.15) is 5.82 Å². The van der Waals surface area contributed by atoms with Gasteiger partial charge in [-0.3, -0.25) is 0 Å². The van der Waals surface area contributed by atoms with E-state index >= 15 is 0 Å². The van der Waals surface area contributed by atoms with Crippen LogP contribution in [0, 0.1) is 5.92 Å². The lowest BCUT2D eigenvalue weighted by molar-refractivity contribution is 0.107. The molecule has 1 atom stereocenters. The molecule has 1 saturated carbocycles. The van der Waals surface area contributed by atoms with E-state index in [2.05, 4.69) is 15.3 Å². The maximum atomic E-state index is 12.6. The lowest BCUT2D eigenvalue weighted by Crippen LogP contribution is -2.44. The molecule has 2 N–H and O–H groups in total. The summed E-state index contributed by atoms with van der Waals surface area (Å²) in [5, 5.41) is 13.3. The van der Waals surface area contributed by atoms with Gasteiger partial charge in [0.15, 0.2) is 0 Å². The molecule has 1 aliphatic heterocycles. The number of nitrogens with one attached hydrogen (secondary N) is 1. The van der Waals surface area contributed by atoms with Crippen LogP contribution in [0.5, 0.6) is 0 Å². The summed E-state index contributed by atoms with van der Waals surface area (Å²) in [7, 11) is -3.28. The molecule has 1 saturated heterocycles. The number of hydrogen-bond acceptors (Lipinski definition) is 6. The van der Waals surface area contributed by atoms with E-state index in [4.69, 9.17) is 11.6 Å². The summed E-state index contributed by atoms with van der Waals surface area (Å²) >= 11 is 5.79. The van der Waals surface area contributed by atoms with Crippen LogP contribution >= 0.6 is 11.6 Å². The van der Waals surface area contributed by atoms with Gasteiger partial charge in [0.05, 0.1) is 11.9 Å². The number of aliphatic hydroxyl groups is 1. The van der Waals surface area contributed by atoms with Crippen LogP contribution < -0.4 is 5.32 Å². The molecule has 2 fully saturated rings. The Morgan fingerprint density at radius 3 is 2.72 bits per heavy atom. The van der Waals surface area contributed by atoms with E-state index in [1.54, 1.807) is 12.3 Å². The maximum Gasteiger partial charge on any atom is 0.224 e. The highest BCUT2D eigenvalue weighted by atomic mass is 35.5. The topological polar surface area (TPSA) is 95.4 Å². The van der Waals surface area contributed by atoms with Crippen LogP contribution in [0.25, 0.3) is 0 Å². The number of sulfonamides is 1. The largest absolute Gasteiger partial charge is 0.392 e. The van der Waals surface area contributed by atoms with E-state index in [0.29, 0.717) is 18.8 Å². The van der Waals surface area contributed by atoms with E-state index in [1.165, 1.54) is 4.31 Å². The average molecular weight is 389 g/mol. The van der Waals surface area contributed by atoms with Crippen molar-refractivity contribution >= 4 is 27.4 Å². The molecule has 7 nitrogen and oxygen atoms in total. The third-order valence-electron chi connectivity index (χ3n) is 5.02. The van der Waals surface area contributed by atoms with Crippen molar-refractivity contribution in [2.24, 2.45) is 5.92 Å². The molecule has 0 radical (unpaired) electrons. The standard InChI is InChI=1S/C16H25ClN4O3S/c17-16-18-8-7-15(20-16)19-13-5-3-12(4-6-13)11-25(23,24)21-9-1-2-14(22)10-21/h7-8,12-14,22H,1-6,9-11H2,(H,18,19,20). The predicted molar refractivity (Wildman–Crippen MR) is 97.0 cm³/mol. The van der Waals surface area contributed by atoms with Gasteiger partial charge < -0.3 is 10.4 Å². The minimum atomic E-state index is -3.28. The summed E-state index contributed by atoms with van der Waals surface area (Å²) < 4.78 is 26.6. The number of rotatable bonds is 5. The second-order valence-corrected chi connectivity index (χ2v) is 9.36. The van der Waals surface area contributed by atoms with Crippen molar-refractivity contribution in [2.45, 2.75) is 50.7 Å². The first-order valence-electron chi connectivity index (χ1n) is 8.83. The van der Waals surface area contributed by atoms with Crippen LogP contribution in [0.4, 0.5) is 5.82 Å². The minimum absolute atomic E-state index is 0.177. The van der Waals surface area contributed by atoms with Gasteiger partial charge in [-0.15, -0.1) is 0 Å². The maximum absolute atomic E-state index is 12.6. The molecule has 3 rings (SSSR count). The quantitative estimate of drug-likeness (QED) is 0.748. The first-order chi connectivity index (χ1) is 11.9. The van der Waals surface area contributed by atoms with Crippen molar-refractivity contribution in [3.63, 3.8) is 0 Å². The van der Waals surface area contributed by atoms with Crippen molar-refractivity contribution in [1.82, 2.24) is 14.3 Å². The first-order valence-corrected chi connectivity index (χ1v) is 10.8. The number of β-amino-alcohol motifs (C(OH)–C–C–N with tert-alkyl or cyclic N) is 1. The Balaban J connectivity index is 1.49. The van der Waals surface area contributed by atoms with Gasteiger partial charge in [0.2, 0.25) is 15.3 Å². The molecule has 140 valence electrons. The zero-order chi connectivity index (χ0) is 17.9. The molecule has 0 spiro atoms. The predicted octanol–water partition coefficient (Wildman–Crippen LogP) is 1.89. The Kier molecular flexibility index (Phi) is 6.14. The van der Waals surface area contributed by atoms with Crippen LogP contribution in [0.3, 0.4) is 0 Å². The molecular weight excluding hydrogens is 364 g/mol. The summed E-state index contributed by atoms with van der Waals surface area (Å²) in [5.74, 6) is 1.07. The van der Waals surface area contributed by atoms with Crippen LogP contribution in [0.1, 0.15) is 38.5 Å². The molecule has 0 aromatic carbocycles. The van der Waals surface area contributed by atoms with Crippen LogP contribution in [-0.2, 0) is 10.0 Å². The van der Waals surface area contributed by atoms with Crippen molar-refractivity contribution in [1.29, 1.82) is 0 Å². The van der Waals surface area contributed by atoms with Crippen LogP contribution in [-0.4, -0.2) is 58.8 Å². The zero-order valence-electron chi connectivity index (χ0n) is 14.1. The van der Waals surface area contributed by atoms with Gasteiger partial charge in [-0.1, -0.05) is 0 Å². The Morgan fingerprint density at radius 2 is 2.04 bits per heavy atom. The number of nitrogens with zero attached hydrogens (tertiary/aromatic N) is 3. The Bertz CT molecular complexity index is 680. The number of hydrogen-bond donors (Lipinski definition) is 2. The molecule has 25 heavy (non-hydrogen) atoms. The summed E-state index contributed by atoms with van der Waals surface area (Å²) in [5.41, 5.74) is 0. The average Bonchev–Trinajstić information content (AvgIpc) is 2.56. The van der Waals surface area contributed by atoms with E-state index in [-0.39, 0.29) is 29.5 Å². The summed E-state index contributed by atoms with van der Waals surface area (Å²) in [4.78, 5) is 7.99. The second kappa shape index (κ2) is 8.16. The Morgan fingerprint density at radius 1 is 1.28 bits per heavy atom. The first kappa shape index (κ1) is 18.8. The summed E-state index contributed by atoms with van der Waals surface area (Å²) in [6, 6.07) is 2.06.